The lowest BCUT2D eigenvalue weighted by molar-refractivity contribution is 0.271. The van der Waals surface area contributed by atoms with Crippen LogP contribution in [0.2, 0.25) is 5.15 Å². The first-order valence-electron chi connectivity index (χ1n) is 10.3. The highest BCUT2D eigenvalue weighted by Crippen LogP contribution is 2.26. The van der Waals surface area contributed by atoms with E-state index in [4.69, 9.17) is 23.2 Å². The van der Waals surface area contributed by atoms with E-state index in [9.17, 15) is 5.11 Å². The minimum absolute atomic E-state index is 0.141. The third-order valence-electron chi connectivity index (χ3n) is 5.08. The molecule has 1 aromatic heterocycles. The van der Waals surface area contributed by atoms with E-state index in [2.05, 4.69) is 41.3 Å². The largest absolute Gasteiger partial charge is 0.390 e. The third kappa shape index (κ3) is 5.44. The Labute approximate surface area is 187 Å². The van der Waals surface area contributed by atoms with Gasteiger partial charge in [-0.05, 0) is 23.1 Å². The molecule has 2 aromatic carbocycles. The molecule has 164 valence electrons. The highest BCUT2D eigenvalue weighted by atomic mass is 35.5. The summed E-state index contributed by atoms with van der Waals surface area (Å²) >= 11 is 6.26. The van der Waals surface area contributed by atoms with Crippen LogP contribution < -0.4 is 11.6 Å². The number of amidine groups is 1. The summed E-state index contributed by atoms with van der Waals surface area (Å²) in [6, 6.07) is 16.0. The molecule has 0 bridgehead atoms. The number of aliphatic hydroxyl groups excluding tert-OH is 1. The van der Waals surface area contributed by atoms with Gasteiger partial charge in [0.05, 0.1) is 12.3 Å². The van der Waals surface area contributed by atoms with Crippen molar-refractivity contribution in [2.75, 3.05) is 7.05 Å². The number of hydrogen-bond donors (Lipinski definition) is 3. The van der Waals surface area contributed by atoms with Crippen molar-refractivity contribution in [1.82, 2.24) is 14.7 Å². The van der Waals surface area contributed by atoms with Crippen LogP contribution in [-0.4, -0.2) is 32.7 Å². The summed E-state index contributed by atoms with van der Waals surface area (Å²) in [5, 5.41) is 15.5. The van der Waals surface area contributed by atoms with Crippen LogP contribution in [0.25, 0.3) is 11.1 Å². The number of hydrazone groups is 1. The lowest BCUT2D eigenvalue weighted by atomic mass is 9.98. The van der Waals surface area contributed by atoms with Gasteiger partial charge in [0.25, 0.3) is 0 Å². The van der Waals surface area contributed by atoms with E-state index in [1.54, 1.807) is 7.05 Å². The molecule has 0 amide bonds. The molecule has 31 heavy (non-hydrogen) atoms. The lowest BCUT2D eigenvalue weighted by Gasteiger charge is -2.13. The molecule has 0 unspecified atom stereocenters. The number of nitrogens with zero attached hydrogens (tertiary/aromatic N) is 4. The highest BCUT2D eigenvalue weighted by molar-refractivity contribution is 6.30. The van der Waals surface area contributed by atoms with Gasteiger partial charge in [0.2, 0.25) is 0 Å². The van der Waals surface area contributed by atoms with Crippen molar-refractivity contribution in [3.8, 4) is 11.1 Å². The molecule has 0 aliphatic carbocycles. The Morgan fingerprint density at radius 2 is 1.90 bits per heavy atom. The van der Waals surface area contributed by atoms with Crippen LogP contribution in [0.1, 0.15) is 42.4 Å². The minimum atomic E-state index is -0.141. The lowest BCUT2D eigenvalue weighted by Crippen LogP contribution is -2.25. The summed E-state index contributed by atoms with van der Waals surface area (Å²) in [7, 11) is 1.63. The van der Waals surface area contributed by atoms with Gasteiger partial charge in [-0.3, -0.25) is 0 Å². The fourth-order valence-corrected chi connectivity index (χ4v) is 3.78. The number of aryl methyl sites for hydroxylation is 1. The fourth-order valence-electron chi connectivity index (χ4n) is 3.52. The van der Waals surface area contributed by atoms with Crippen LogP contribution >= 0.6 is 11.6 Å². The predicted octanol–water partition coefficient (Wildman–Crippen LogP) is 3.51. The number of unbranched alkanes of at least 4 members (excludes halogenated alkanes) is 1. The smallest absolute Gasteiger partial charge is 0.152 e. The van der Waals surface area contributed by atoms with Crippen LogP contribution in [0.4, 0.5) is 0 Å². The second kappa shape index (κ2) is 10.4. The Morgan fingerprint density at radius 1 is 1.19 bits per heavy atom. The maximum atomic E-state index is 9.77. The molecule has 0 aliphatic rings. The van der Waals surface area contributed by atoms with Gasteiger partial charge >= 0.3 is 0 Å². The number of hydrazine groups is 1. The Hall–Kier alpha value is -2.87. The SMILES string of the molecule is CCCCc1nc(Cl)c(CO)n1Cc1ccc(-c2ccccc2/C(N)=N/N(C)N)cc1. The van der Waals surface area contributed by atoms with E-state index in [-0.39, 0.29) is 6.61 Å². The normalized spacial score (nSPS) is 11.7. The molecule has 0 atom stereocenters. The molecule has 0 saturated heterocycles. The number of imidazole rings is 1. The zero-order chi connectivity index (χ0) is 22.4. The quantitative estimate of drug-likeness (QED) is 0.204. The molecule has 0 saturated carbocycles. The summed E-state index contributed by atoms with van der Waals surface area (Å²) in [6.45, 7) is 2.59. The number of aliphatic hydroxyl groups is 1. The van der Waals surface area contributed by atoms with Gasteiger partial charge in [0.15, 0.2) is 11.0 Å². The standard InChI is InChI=1S/C23H29ClN6O/c1-3-4-9-21-27-22(24)20(15-31)30(21)14-16-10-12-17(13-11-16)18-7-5-6-8-19(18)23(25)28-29(2)26/h5-8,10-13,31H,3-4,9,14-15,26H2,1-2H3,(H2,25,28). The number of halogens is 1. The molecule has 3 aromatic rings. The Balaban J connectivity index is 1.89. The van der Waals surface area contributed by atoms with Gasteiger partial charge in [-0.15, -0.1) is 5.10 Å². The topological polar surface area (TPSA) is 106 Å². The monoisotopic (exact) mass is 440 g/mol. The summed E-state index contributed by atoms with van der Waals surface area (Å²) in [5.41, 5.74) is 10.7. The van der Waals surface area contributed by atoms with Crippen molar-refractivity contribution in [3.63, 3.8) is 0 Å². The molecule has 7 nitrogen and oxygen atoms in total. The van der Waals surface area contributed by atoms with Crippen LogP contribution in [0, 0.1) is 0 Å². The maximum absolute atomic E-state index is 9.77. The van der Waals surface area contributed by atoms with E-state index in [1.165, 1.54) is 5.12 Å². The van der Waals surface area contributed by atoms with Gasteiger partial charge in [-0.2, -0.15) is 0 Å². The molecular formula is C23H29ClN6O. The number of benzene rings is 2. The summed E-state index contributed by atoms with van der Waals surface area (Å²) in [4.78, 5) is 4.46. The molecule has 0 fully saturated rings. The summed E-state index contributed by atoms with van der Waals surface area (Å²) in [5.74, 6) is 6.87. The van der Waals surface area contributed by atoms with E-state index in [0.717, 1.165) is 47.3 Å². The van der Waals surface area contributed by atoms with Crippen LogP contribution in [-0.2, 0) is 19.6 Å². The summed E-state index contributed by atoms with van der Waals surface area (Å²) < 4.78 is 2.02. The molecule has 0 radical (unpaired) electrons. The van der Waals surface area contributed by atoms with Gasteiger partial charge in [-0.1, -0.05) is 73.5 Å². The molecule has 5 N–H and O–H groups in total. The zero-order valence-corrected chi connectivity index (χ0v) is 18.7. The van der Waals surface area contributed by atoms with Crippen LogP contribution in [0.3, 0.4) is 0 Å². The van der Waals surface area contributed by atoms with E-state index < -0.39 is 0 Å². The summed E-state index contributed by atoms with van der Waals surface area (Å²) in [6.07, 6.45) is 2.92. The van der Waals surface area contributed by atoms with Crippen molar-refractivity contribution < 1.29 is 5.11 Å². The van der Waals surface area contributed by atoms with E-state index >= 15 is 0 Å². The van der Waals surface area contributed by atoms with Gasteiger partial charge in [-0.25, -0.2) is 15.9 Å². The van der Waals surface area contributed by atoms with Crippen molar-refractivity contribution in [2.24, 2.45) is 16.7 Å². The number of rotatable bonds is 9. The molecule has 1 heterocycles. The maximum Gasteiger partial charge on any atom is 0.152 e. The first-order valence-corrected chi connectivity index (χ1v) is 10.7. The minimum Gasteiger partial charge on any atom is -0.390 e. The van der Waals surface area contributed by atoms with Gasteiger partial charge < -0.3 is 15.4 Å². The van der Waals surface area contributed by atoms with Crippen LogP contribution in [0.5, 0.6) is 0 Å². The van der Waals surface area contributed by atoms with E-state index in [1.807, 2.05) is 28.8 Å². The first kappa shape index (κ1) is 22.8. The average molecular weight is 441 g/mol. The second-order valence-electron chi connectivity index (χ2n) is 7.41. The fraction of sp³-hybridized carbons (Fsp3) is 0.304. The molecule has 0 spiro atoms. The molecule has 0 aliphatic heterocycles. The van der Waals surface area contributed by atoms with Crippen LogP contribution in [0.15, 0.2) is 53.6 Å². The average Bonchev–Trinajstić information content (AvgIpc) is 3.06. The Kier molecular flexibility index (Phi) is 7.68. The molecule has 8 heteroatoms. The number of aromatic nitrogens is 2. The number of nitrogens with two attached hydrogens (primary N) is 2. The van der Waals surface area contributed by atoms with Gasteiger partial charge in [0, 0.05) is 25.6 Å². The Bertz CT molecular complexity index is 1040. The predicted molar refractivity (Wildman–Crippen MR) is 125 cm³/mol. The second-order valence-corrected chi connectivity index (χ2v) is 7.77. The van der Waals surface area contributed by atoms with Crippen molar-refractivity contribution in [2.45, 2.75) is 39.3 Å². The zero-order valence-electron chi connectivity index (χ0n) is 17.9. The number of hydrogen-bond acceptors (Lipinski definition) is 5. The highest BCUT2D eigenvalue weighted by Gasteiger charge is 2.15. The Morgan fingerprint density at radius 3 is 2.55 bits per heavy atom. The molecule has 3 rings (SSSR count). The third-order valence-corrected chi connectivity index (χ3v) is 5.38. The molecular weight excluding hydrogens is 412 g/mol. The van der Waals surface area contributed by atoms with E-state index in [0.29, 0.717) is 23.2 Å². The van der Waals surface area contributed by atoms with Gasteiger partial charge in [0.1, 0.15) is 5.82 Å². The van der Waals surface area contributed by atoms with Crippen molar-refractivity contribution in [1.29, 1.82) is 0 Å². The van der Waals surface area contributed by atoms with Crippen molar-refractivity contribution in [3.05, 3.63) is 76.3 Å². The first-order chi connectivity index (χ1) is 14.9. The van der Waals surface area contributed by atoms with Crippen molar-refractivity contribution >= 4 is 17.4 Å².